The highest BCUT2D eigenvalue weighted by molar-refractivity contribution is 9.09. The molecule has 72 valence electrons. The Kier molecular flexibility index (Phi) is 5.84. The zero-order valence-electron chi connectivity index (χ0n) is 7.51. The van der Waals surface area contributed by atoms with Gasteiger partial charge in [-0.15, -0.1) is 0 Å². The Morgan fingerprint density at radius 1 is 1.50 bits per heavy atom. The third-order valence-corrected chi connectivity index (χ3v) is 2.87. The molecule has 0 aliphatic heterocycles. The number of alkyl halides is 1. The van der Waals surface area contributed by atoms with Crippen LogP contribution in [0.2, 0.25) is 0 Å². The highest BCUT2D eigenvalue weighted by Crippen LogP contribution is 2.04. The summed E-state index contributed by atoms with van der Waals surface area (Å²) in [5.41, 5.74) is 1.15. The lowest BCUT2D eigenvalue weighted by atomic mass is 10.2. The summed E-state index contributed by atoms with van der Waals surface area (Å²) in [6.07, 6.45) is 4.96. The molecule has 0 aromatic carbocycles. The summed E-state index contributed by atoms with van der Waals surface area (Å²) in [4.78, 5) is 0. The second kappa shape index (κ2) is 5.75. The van der Waals surface area contributed by atoms with Crippen molar-refractivity contribution in [2.75, 3.05) is 17.3 Å². The van der Waals surface area contributed by atoms with Crippen LogP contribution >= 0.6 is 15.9 Å². The van der Waals surface area contributed by atoms with E-state index in [1.54, 1.807) is 0 Å². The highest BCUT2D eigenvalue weighted by atomic mass is 79.9. The molecule has 12 heavy (non-hydrogen) atoms. The van der Waals surface area contributed by atoms with Gasteiger partial charge in [0.05, 0.1) is 5.75 Å². The molecule has 0 heterocycles. The maximum atomic E-state index is 10.8. The van der Waals surface area contributed by atoms with Crippen LogP contribution in [0.25, 0.3) is 0 Å². The van der Waals surface area contributed by atoms with Crippen molar-refractivity contribution >= 4 is 25.8 Å². The Morgan fingerprint density at radius 2 is 2.08 bits per heavy atom. The van der Waals surface area contributed by atoms with Crippen LogP contribution in [0.4, 0.5) is 0 Å². The van der Waals surface area contributed by atoms with Crippen molar-refractivity contribution in [2.45, 2.75) is 19.8 Å². The van der Waals surface area contributed by atoms with E-state index in [1.807, 2.05) is 6.92 Å². The standard InChI is InChI=1S/C8H15BrO2S/c1-8(4-3-6-9)5-7-12(2,10)11/h4H,3,5-7H2,1-2H3. The molecule has 0 unspecified atom stereocenters. The van der Waals surface area contributed by atoms with E-state index in [0.29, 0.717) is 6.42 Å². The predicted octanol–water partition coefficient (Wildman–Crippen LogP) is 2.15. The molecule has 0 atom stereocenters. The van der Waals surface area contributed by atoms with E-state index in [0.717, 1.165) is 17.3 Å². The van der Waals surface area contributed by atoms with E-state index in [2.05, 4.69) is 22.0 Å². The third kappa shape index (κ3) is 8.27. The van der Waals surface area contributed by atoms with Crippen molar-refractivity contribution in [2.24, 2.45) is 0 Å². The van der Waals surface area contributed by atoms with E-state index >= 15 is 0 Å². The van der Waals surface area contributed by atoms with E-state index in [1.165, 1.54) is 6.26 Å². The number of hydrogen-bond acceptors (Lipinski definition) is 2. The molecular weight excluding hydrogens is 240 g/mol. The van der Waals surface area contributed by atoms with Gasteiger partial charge in [0.1, 0.15) is 9.84 Å². The van der Waals surface area contributed by atoms with Gasteiger partial charge in [0.25, 0.3) is 0 Å². The lowest BCUT2D eigenvalue weighted by molar-refractivity contribution is 0.601. The molecule has 0 radical (unpaired) electrons. The smallest absolute Gasteiger partial charge is 0.147 e. The van der Waals surface area contributed by atoms with Gasteiger partial charge in [-0.2, -0.15) is 0 Å². The second-order valence-electron chi connectivity index (χ2n) is 2.91. The average Bonchev–Trinajstić information content (AvgIpc) is 1.95. The SMILES string of the molecule is CC(=CCCBr)CCS(C)(=O)=O. The van der Waals surface area contributed by atoms with Gasteiger partial charge < -0.3 is 0 Å². The average molecular weight is 255 g/mol. The minimum atomic E-state index is -2.80. The summed E-state index contributed by atoms with van der Waals surface area (Å²) in [5.74, 6) is 0.262. The number of allylic oxidation sites excluding steroid dienone is 2. The largest absolute Gasteiger partial charge is 0.229 e. The van der Waals surface area contributed by atoms with Crippen LogP contribution < -0.4 is 0 Å². The maximum absolute atomic E-state index is 10.8. The Balaban J connectivity index is 3.79. The van der Waals surface area contributed by atoms with Crippen LogP contribution in [0.5, 0.6) is 0 Å². The van der Waals surface area contributed by atoms with Gasteiger partial charge in [-0.1, -0.05) is 27.6 Å². The molecule has 0 N–H and O–H groups in total. The molecule has 0 saturated carbocycles. The number of halogens is 1. The van der Waals surface area contributed by atoms with Crippen molar-refractivity contribution in [3.05, 3.63) is 11.6 Å². The van der Waals surface area contributed by atoms with Crippen LogP contribution in [0.1, 0.15) is 19.8 Å². The normalized spacial score (nSPS) is 13.4. The van der Waals surface area contributed by atoms with Gasteiger partial charge in [0.15, 0.2) is 0 Å². The molecule has 0 aromatic heterocycles. The zero-order chi connectivity index (χ0) is 9.61. The molecule has 0 fully saturated rings. The van der Waals surface area contributed by atoms with Gasteiger partial charge in [0, 0.05) is 11.6 Å². The molecule has 0 rings (SSSR count). The molecule has 0 bridgehead atoms. The summed E-state index contributed by atoms with van der Waals surface area (Å²) in [6.45, 7) is 1.97. The van der Waals surface area contributed by atoms with E-state index < -0.39 is 9.84 Å². The molecule has 0 aliphatic rings. The Labute approximate surface area is 83.1 Å². The summed E-state index contributed by atoms with van der Waals surface area (Å²) in [7, 11) is -2.80. The first-order valence-corrected chi connectivity index (χ1v) is 7.03. The first-order chi connectivity index (χ1) is 5.45. The fourth-order valence-electron chi connectivity index (χ4n) is 0.749. The molecule has 4 heteroatoms. The lowest BCUT2D eigenvalue weighted by Gasteiger charge is -1.98. The molecule has 0 saturated heterocycles. The van der Waals surface area contributed by atoms with Crippen molar-refractivity contribution in [3.63, 3.8) is 0 Å². The first kappa shape index (κ1) is 12.2. The van der Waals surface area contributed by atoms with Gasteiger partial charge in [-0.3, -0.25) is 0 Å². The van der Waals surface area contributed by atoms with Gasteiger partial charge in [0.2, 0.25) is 0 Å². The maximum Gasteiger partial charge on any atom is 0.147 e. The van der Waals surface area contributed by atoms with Crippen molar-refractivity contribution < 1.29 is 8.42 Å². The van der Waals surface area contributed by atoms with Crippen LogP contribution in [0.3, 0.4) is 0 Å². The van der Waals surface area contributed by atoms with Crippen LogP contribution in [0.15, 0.2) is 11.6 Å². The minimum Gasteiger partial charge on any atom is -0.229 e. The summed E-state index contributed by atoms with van der Waals surface area (Å²) in [5, 5.41) is 0.934. The van der Waals surface area contributed by atoms with Crippen LogP contribution in [-0.4, -0.2) is 25.8 Å². The Morgan fingerprint density at radius 3 is 2.50 bits per heavy atom. The summed E-state index contributed by atoms with van der Waals surface area (Å²) >= 11 is 3.31. The van der Waals surface area contributed by atoms with Gasteiger partial charge in [-0.25, -0.2) is 8.42 Å². The van der Waals surface area contributed by atoms with E-state index in [-0.39, 0.29) is 5.75 Å². The number of rotatable bonds is 5. The van der Waals surface area contributed by atoms with Crippen molar-refractivity contribution in [1.29, 1.82) is 0 Å². The topological polar surface area (TPSA) is 34.1 Å². The molecule has 0 spiro atoms. The molecule has 0 aliphatic carbocycles. The van der Waals surface area contributed by atoms with Crippen molar-refractivity contribution in [3.8, 4) is 0 Å². The fraction of sp³-hybridized carbons (Fsp3) is 0.750. The van der Waals surface area contributed by atoms with Gasteiger partial charge in [-0.05, 0) is 19.8 Å². The second-order valence-corrected chi connectivity index (χ2v) is 5.96. The van der Waals surface area contributed by atoms with E-state index in [9.17, 15) is 8.42 Å². The molecular formula is C8H15BrO2S. The van der Waals surface area contributed by atoms with Gasteiger partial charge >= 0.3 is 0 Å². The first-order valence-electron chi connectivity index (χ1n) is 3.85. The van der Waals surface area contributed by atoms with Crippen LogP contribution in [-0.2, 0) is 9.84 Å². The number of hydrogen-bond donors (Lipinski definition) is 0. The van der Waals surface area contributed by atoms with Crippen LogP contribution in [0, 0.1) is 0 Å². The number of sulfone groups is 1. The highest BCUT2D eigenvalue weighted by Gasteiger charge is 2.01. The monoisotopic (exact) mass is 254 g/mol. The van der Waals surface area contributed by atoms with E-state index in [4.69, 9.17) is 0 Å². The fourth-order valence-corrected chi connectivity index (χ4v) is 1.67. The third-order valence-electron chi connectivity index (χ3n) is 1.47. The van der Waals surface area contributed by atoms with Crippen molar-refractivity contribution in [1.82, 2.24) is 0 Å². The molecule has 0 amide bonds. The Bertz CT molecular complexity index is 242. The minimum absolute atomic E-state index is 0.262. The molecule has 2 nitrogen and oxygen atoms in total. The Hall–Kier alpha value is 0.170. The quantitative estimate of drug-likeness (QED) is 0.557. The lowest BCUT2D eigenvalue weighted by Crippen LogP contribution is -2.02. The summed E-state index contributed by atoms with van der Waals surface area (Å²) in [6, 6.07) is 0. The molecule has 0 aromatic rings. The predicted molar refractivity (Wildman–Crippen MR) is 56.5 cm³/mol. The summed E-state index contributed by atoms with van der Waals surface area (Å²) < 4.78 is 21.5. The zero-order valence-corrected chi connectivity index (χ0v) is 9.91.